The maximum atomic E-state index is 13.6. The number of hydrogen-bond donors (Lipinski definition) is 2. The van der Waals surface area contributed by atoms with Crippen LogP contribution in [0.1, 0.15) is 231 Å². The molecule has 0 spiro atoms. The number of benzene rings is 2. The number of carbonyl (C=O) groups excluding carboxylic acids is 7. The summed E-state index contributed by atoms with van der Waals surface area (Å²) in [5.41, 5.74) is 3.65. The summed E-state index contributed by atoms with van der Waals surface area (Å²) in [4.78, 5) is 84.9. The topological polar surface area (TPSA) is 167 Å². The number of fused-ring (bicyclic) bond motifs is 1. The number of H-pyrrole nitrogens is 1. The molecule has 5 rings (SSSR count). The van der Waals surface area contributed by atoms with Crippen molar-refractivity contribution in [3.05, 3.63) is 86.4 Å². The number of imide groups is 2. The first kappa shape index (κ1) is 64.0. The smallest absolute Gasteiger partial charge is 0.262 e. The molecule has 1 aromatic heterocycles. The van der Waals surface area contributed by atoms with E-state index in [9.17, 15) is 38.0 Å². The molecule has 0 aliphatic carbocycles. The number of amides is 5. The van der Waals surface area contributed by atoms with E-state index in [-0.39, 0.29) is 41.1 Å². The third-order valence-corrected chi connectivity index (χ3v) is 13.2. The van der Waals surface area contributed by atoms with Crippen molar-refractivity contribution < 1.29 is 38.0 Å². The molecule has 3 aromatic rings. The van der Waals surface area contributed by atoms with Gasteiger partial charge < -0.3 is 4.90 Å². The van der Waals surface area contributed by atoms with Crippen LogP contribution in [0.4, 0.5) is 4.39 Å². The number of ketones is 2. The molecule has 1 fully saturated rings. The van der Waals surface area contributed by atoms with E-state index in [0.29, 0.717) is 35.9 Å². The number of piperidine rings is 1. The fourth-order valence-electron chi connectivity index (χ4n) is 7.95. The lowest BCUT2D eigenvalue weighted by molar-refractivity contribution is -0.136. The fourth-order valence-corrected chi connectivity index (χ4v) is 8.25. The number of nitrogens with one attached hydrogen (secondary N) is 2. The second-order valence-corrected chi connectivity index (χ2v) is 19.4. The highest BCUT2D eigenvalue weighted by atomic mass is 35.5. The second kappa shape index (κ2) is 34.3. The fraction of sp³-hybridized carbons (Fsp3) is 0.614. The lowest BCUT2D eigenvalue weighted by atomic mass is 9.94. The van der Waals surface area contributed by atoms with Crippen LogP contribution in [-0.4, -0.2) is 80.2 Å². The van der Waals surface area contributed by atoms with Crippen molar-refractivity contribution in [1.82, 2.24) is 25.3 Å². The SMILES string of the molecule is CCCC(=O)c1[nH]ncc1C.CCCC(=O)c1c(Cl)cccc1CC.CCCC(C)CCC(C)CC.CCCN(CCC(C)CC)C(=O)CC.Cc1cc2c(cc1F)C(=O)N(C1CCC(=O)NC1=O)C2=O. The molecule has 1 saturated heterocycles. The molecule has 12 nitrogen and oxygen atoms in total. The number of aryl methyl sites for hydroxylation is 3. The predicted octanol–water partition coefficient (Wildman–Crippen LogP) is 13.4. The standard InChI is InChI=1S/C14H11FN2O4.C12H15ClO.C12H25NO.C11H24.C8H12N2O/c1-6-4-7-8(5-9(6)15)14(21)17(13(7)20)10-2-3-11(18)16-12(10)19;1-3-6-11(14)12-9(4-2)7-5-8-10(12)13;1-5-9-13(12(14)7-3)10-8-11(4)6-2;1-5-7-11(4)9-8-10(3)6-2;1-3-4-7(11)8-6(2)5-9-10-8/h4-5,10H,2-3H2,1H3,(H,16,18,19);5,7-8H,3-4,6H2,1-2H3;11H,5-10H2,1-4H3;10-11H,5-9H2,1-4H3;5H,3-4H2,1-2H3,(H,9,10). The molecule has 0 radical (unpaired) electrons. The van der Waals surface area contributed by atoms with Gasteiger partial charge in [-0.25, -0.2) is 4.39 Å². The van der Waals surface area contributed by atoms with E-state index in [1.54, 1.807) is 12.3 Å². The van der Waals surface area contributed by atoms with Crippen LogP contribution in [0.25, 0.3) is 0 Å². The van der Waals surface area contributed by atoms with Crippen LogP contribution in [0.3, 0.4) is 0 Å². The summed E-state index contributed by atoms with van der Waals surface area (Å²) in [5.74, 6) is 0.207. The number of Topliss-reactive ketones (excluding diaryl/α,β-unsaturated/α-hetero) is 2. The van der Waals surface area contributed by atoms with Gasteiger partial charge in [0.05, 0.1) is 22.3 Å². The van der Waals surface area contributed by atoms with Gasteiger partial charge in [0.15, 0.2) is 11.6 Å². The van der Waals surface area contributed by atoms with E-state index in [4.69, 9.17) is 11.6 Å². The molecular weight excluding hydrogens is 921 g/mol. The number of aromatic amines is 1. The van der Waals surface area contributed by atoms with Gasteiger partial charge in [-0.2, -0.15) is 5.10 Å². The van der Waals surface area contributed by atoms with E-state index in [1.165, 1.54) is 51.5 Å². The highest BCUT2D eigenvalue weighted by Gasteiger charge is 2.45. The van der Waals surface area contributed by atoms with Crippen molar-refractivity contribution in [1.29, 1.82) is 0 Å². The Morgan fingerprint density at radius 2 is 1.35 bits per heavy atom. The minimum atomic E-state index is -1.03. The van der Waals surface area contributed by atoms with E-state index in [0.717, 1.165) is 90.6 Å². The summed E-state index contributed by atoms with van der Waals surface area (Å²) in [6.07, 6.45) is 16.6. The number of aromatic nitrogens is 2. The summed E-state index contributed by atoms with van der Waals surface area (Å²) < 4.78 is 13.6. The number of nitrogens with zero attached hydrogens (tertiary/aromatic N) is 3. The molecule has 4 atom stereocenters. The molecule has 0 saturated carbocycles. The van der Waals surface area contributed by atoms with Gasteiger partial charge in [0.25, 0.3) is 11.8 Å². The highest BCUT2D eigenvalue weighted by Crippen LogP contribution is 2.29. The van der Waals surface area contributed by atoms with E-state index >= 15 is 0 Å². The van der Waals surface area contributed by atoms with Gasteiger partial charge in [-0.3, -0.25) is 48.9 Å². The number of carbonyl (C=O) groups is 7. The first-order chi connectivity index (χ1) is 33.7. The van der Waals surface area contributed by atoms with Gasteiger partial charge in [0.2, 0.25) is 17.7 Å². The Kier molecular flexibility index (Phi) is 30.9. The minimum Gasteiger partial charge on any atom is -0.343 e. The van der Waals surface area contributed by atoms with E-state index < -0.39 is 35.5 Å². The summed E-state index contributed by atoms with van der Waals surface area (Å²) in [6.45, 7) is 29.1. The Morgan fingerprint density at radius 3 is 1.87 bits per heavy atom. The van der Waals surface area contributed by atoms with Crippen LogP contribution in [0.2, 0.25) is 5.02 Å². The quantitative estimate of drug-likeness (QED) is 0.0785. The van der Waals surface area contributed by atoms with Gasteiger partial charge in [-0.15, -0.1) is 0 Å². The van der Waals surface area contributed by atoms with Crippen LogP contribution in [0, 0.1) is 37.4 Å². The minimum absolute atomic E-state index is 0.0483. The largest absolute Gasteiger partial charge is 0.343 e. The lowest BCUT2D eigenvalue weighted by Crippen LogP contribution is -2.54. The summed E-state index contributed by atoms with van der Waals surface area (Å²) in [5, 5.41) is 9.15. The average molecular weight is 1010 g/mol. The molecule has 396 valence electrons. The monoisotopic (exact) mass is 1010 g/mol. The molecule has 2 N–H and O–H groups in total. The zero-order valence-corrected chi connectivity index (χ0v) is 46.2. The van der Waals surface area contributed by atoms with Crippen LogP contribution >= 0.6 is 11.6 Å². The lowest BCUT2D eigenvalue weighted by Gasteiger charge is -2.27. The molecular formula is C57H87ClFN5O7. The van der Waals surface area contributed by atoms with Crippen molar-refractivity contribution in [2.24, 2.45) is 17.8 Å². The molecule has 5 amide bonds. The number of halogens is 2. The van der Waals surface area contributed by atoms with Crippen molar-refractivity contribution >= 4 is 52.7 Å². The van der Waals surface area contributed by atoms with E-state index in [2.05, 4.69) is 64.0 Å². The number of hydrogen-bond acceptors (Lipinski definition) is 8. The summed E-state index contributed by atoms with van der Waals surface area (Å²) in [6, 6.07) is 6.93. The molecule has 4 unspecified atom stereocenters. The van der Waals surface area contributed by atoms with Gasteiger partial charge >= 0.3 is 0 Å². The summed E-state index contributed by atoms with van der Waals surface area (Å²) >= 11 is 6.02. The molecule has 71 heavy (non-hydrogen) atoms. The first-order valence-corrected chi connectivity index (χ1v) is 26.7. The first-order valence-electron chi connectivity index (χ1n) is 26.3. The third-order valence-electron chi connectivity index (χ3n) is 12.9. The van der Waals surface area contributed by atoms with Gasteiger partial charge in [0.1, 0.15) is 17.6 Å². The van der Waals surface area contributed by atoms with E-state index in [1.807, 2.05) is 51.7 Å². The molecule has 0 bridgehead atoms. The summed E-state index contributed by atoms with van der Waals surface area (Å²) in [7, 11) is 0. The average Bonchev–Trinajstić information content (AvgIpc) is 3.88. The molecule has 2 aliphatic rings. The van der Waals surface area contributed by atoms with Crippen molar-refractivity contribution in [3.63, 3.8) is 0 Å². The zero-order chi connectivity index (χ0) is 53.8. The third kappa shape index (κ3) is 21.3. The van der Waals surface area contributed by atoms with Gasteiger partial charge in [-0.1, -0.05) is 138 Å². The highest BCUT2D eigenvalue weighted by molar-refractivity contribution is 6.34. The van der Waals surface area contributed by atoms with Gasteiger partial charge in [-0.05, 0) is 105 Å². The van der Waals surface area contributed by atoms with Gasteiger partial charge in [0, 0.05) is 44.3 Å². The Morgan fingerprint density at radius 1 is 0.761 bits per heavy atom. The maximum absolute atomic E-state index is 13.6. The normalized spacial score (nSPS) is 15.0. The Bertz CT molecular complexity index is 2130. The molecule has 2 aliphatic heterocycles. The number of rotatable bonds is 21. The van der Waals surface area contributed by atoms with Crippen LogP contribution in [0.5, 0.6) is 0 Å². The van der Waals surface area contributed by atoms with Crippen LogP contribution < -0.4 is 5.32 Å². The van der Waals surface area contributed by atoms with Crippen molar-refractivity contribution in [3.8, 4) is 0 Å². The van der Waals surface area contributed by atoms with Crippen LogP contribution in [0.15, 0.2) is 36.5 Å². The Labute approximate surface area is 430 Å². The molecule has 3 heterocycles. The Balaban J connectivity index is 0.000000456. The van der Waals surface area contributed by atoms with Crippen molar-refractivity contribution in [2.75, 3.05) is 13.1 Å². The zero-order valence-electron chi connectivity index (χ0n) is 45.5. The van der Waals surface area contributed by atoms with Crippen LogP contribution in [-0.2, 0) is 20.8 Å². The molecule has 14 heteroatoms. The second-order valence-electron chi connectivity index (χ2n) is 19.0. The predicted molar refractivity (Wildman–Crippen MR) is 284 cm³/mol. The molecule has 2 aromatic carbocycles. The maximum Gasteiger partial charge on any atom is 0.262 e. The Hall–Kier alpha value is -5.04. The van der Waals surface area contributed by atoms with Crippen molar-refractivity contribution in [2.45, 2.75) is 199 Å².